The molecule has 1 aromatic carbocycles. The highest BCUT2D eigenvalue weighted by Crippen LogP contribution is 2.29. The fraction of sp³-hybridized carbons (Fsp3) is 0.294. The van der Waals surface area contributed by atoms with Gasteiger partial charge in [0.25, 0.3) is 5.56 Å². The SMILES string of the molecule is COc1ccc(NC(=O)Cn2c(Cl)nc3c2c(=O)n(C)c(=O)n3C)cc1OC. The zero-order valence-electron chi connectivity index (χ0n) is 15.6. The molecule has 0 saturated carbocycles. The van der Waals surface area contributed by atoms with Gasteiger partial charge >= 0.3 is 5.69 Å². The Bertz CT molecular complexity index is 1190. The first-order valence-corrected chi connectivity index (χ1v) is 8.50. The average molecular weight is 408 g/mol. The molecule has 0 bridgehead atoms. The Kier molecular flexibility index (Phi) is 5.14. The van der Waals surface area contributed by atoms with Crippen molar-refractivity contribution in [2.45, 2.75) is 6.54 Å². The number of amides is 1. The number of imidazole rings is 1. The van der Waals surface area contributed by atoms with Crippen LogP contribution in [0, 0.1) is 0 Å². The molecule has 2 aromatic heterocycles. The highest BCUT2D eigenvalue weighted by Gasteiger charge is 2.20. The van der Waals surface area contributed by atoms with Crippen molar-refractivity contribution in [3.8, 4) is 11.5 Å². The van der Waals surface area contributed by atoms with Crippen LogP contribution in [0.15, 0.2) is 27.8 Å². The highest BCUT2D eigenvalue weighted by atomic mass is 35.5. The second-order valence-electron chi connectivity index (χ2n) is 5.96. The third-order valence-corrected chi connectivity index (χ3v) is 4.56. The Balaban J connectivity index is 1.95. The molecule has 148 valence electrons. The molecule has 10 nitrogen and oxygen atoms in total. The number of hydrogen-bond donors (Lipinski definition) is 1. The summed E-state index contributed by atoms with van der Waals surface area (Å²) in [5.74, 6) is 0.535. The predicted molar refractivity (Wildman–Crippen MR) is 103 cm³/mol. The minimum absolute atomic E-state index is 0.0667. The van der Waals surface area contributed by atoms with Gasteiger partial charge in [-0.15, -0.1) is 0 Å². The minimum Gasteiger partial charge on any atom is -0.493 e. The third-order valence-electron chi connectivity index (χ3n) is 4.27. The molecule has 0 aliphatic rings. The summed E-state index contributed by atoms with van der Waals surface area (Å²) >= 11 is 6.12. The molecular weight excluding hydrogens is 390 g/mol. The summed E-state index contributed by atoms with van der Waals surface area (Å²) in [5, 5.41) is 2.63. The first kappa shape index (κ1) is 19.5. The zero-order valence-corrected chi connectivity index (χ0v) is 16.4. The van der Waals surface area contributed by atoms with Crippen LogP contribution in [0.1, 0.15) is 0 Å². The number of nitrogens with zero attached hydrogens (tertiary/aromatic N) is 4. The summed E-state index contributed by atoms with van der Waals surface area (Å²) in [6.07, 6.45) is 0. The molecular formula is C17H18ClN5O5. The van der Waals surface area contributed by atoms with E-state index in [1.54, 1.807) is 18.2 Å². The summed E-state index contributed by atoms with van der Waals surface area (Å²) in [5.41, 5.74) is -0.470. The second kappa shape index (κ2) is 7.39. The molecule has 0 fully saturated rings. The summed E-state index contributed by atoms with van der Waals surface area (Å²) in [6, 6.07) is 4.91. The molecule has 0 aliphatic heterocycles. The van der Waals surface area contributed by atoms with E-state index >= 15 is 0 Å². The Morgan fingerprint density at radius 3 is 2.46 bits per heavy atom. The van der Waals surface area contributed by atoms with Crippen LogP contribution in [0.4, 0.5) is 5.69 Å². The summed E-state index contributed by atoms with van der Waals surface area (Å²) < 4.78 is 13.8. The molecule has 0 radical (unpaired) electrons. The van der Waals surface area contributed by atoms with Crippen molar-refractivity contribution in [1.82, 2.24) is 18.7 Å². The van der Waals surface area contributed by atoms with Gasteiger partial charge in [-0.3, -0.25) is 23.3 Å². The highest BCUT2D eigenvalue weighted by molar-refractivity contribution is 6.29. The van der Waals surface area contributed by atoms with Crippen LogP contribution in [-0.2, 0) is 25.4 Å². The lowest BCUT2D eigenvalue weighted by Crippen LogP contribution is -2.37. The number of methoxy groups -OCH3 is 2. The molecule has 3 aromatic rings. The molecule has 2 heterocycles. The van der Waals surface area contributed by atoms with Crippen LogP contribution < -0.4 is 26.0 Å². The van der Waals surface area contributed by atoms with Crippen molar-refractivity contribution in [1.29, 1.82) is 0 Å². The van der Waals surface area contributed by atoms with Crippen LogP contribution in [0.25, 0.3) is 11.2 Å². The van der Waals surface area contributed by atoms with Gasteiger partial charge in [-0.25, -0.2) is 4.79 Å². The van der Waals surface area contributed by atoms with Crippen molar-refractivity contribution in [3.05, 3.63) is 44.3 Å². The Morgan fingerprint density at radius 2 is 1.82 bits per heavy atom. The van der Waals surface area contributed by atoms with Gasteiger partial charge in [0.05, 0.1) is 14.2 Å². The number of carbonyl (C=O) groups is 1. The molecule has 3 rings (SSSR count). The Hall–Kier alpha value is -3.27. The quantitative estimate of drug-likeness (QED) is 0.625. The maximum atomic E-state index is 12.5. The molecule has 1 N–H and O–H groups in total. The number of halogens is 1. The molecule has 0 aliphatic carbocycles. The van der Waals surface area contributed by atoms with Crippen molar-refractivity contribution < 1.29 is 14.3 Å². The Labute approximate surface area is 163 Å². The van der Waals surface area contributed by atoms with Gasteiger partial charge in [0.15, 0.2) is 22.7 Å². The van der Waals surface area contributed by atoms with E-state index in [1.807, 2.05) is 0 Å². The van der Waals surface area contributed by atoms with E-state index in [9.17, 15) is 14.4 Å². The largest absolute Gasteiger partial charge is 0.493 e. The maximum Gasteiger partial charge on any atom is 0.332 e. The summed E-state index contributed by atoms with van der Waals surface area (Å²) in [6.45, 7) is -0.267. The fourth-order valence-corrected chi connectivity index (χ4v) is 3.05. The maximum absolute atomic E-state index is 12.5. The van der Waals surface area contributed by atoms with E-state index in [-0.39, 0.29) is 23.0 Å². The number of nitrogens with one attached hydrogen (secondary N) is 1. The molecule has 0 unspecified atom stereocenters. The van der Waals surface area contributed by atoms with Crippen LogP contribution in [0.2, 0.25) is 5.28 Å². The van der Waals surface area contributed by atoms with Gasteiger partial charge in [0.1, 0.15) is 6.54 Å². The number of aromatic nitrogens is 4. The number of hydrogen-bond acceptors (Lipinski definition) is 6. The van der Waals surface area contributed by atoms with Gasteiger partial charge in [-0.05, 0) is 23.7 Å². The van der Waals surface area contributed by atoms with Gasteiger partial charge < -0.3 is 14.8 Å². The summed E-state index contributed by atoms with van der Waals surface area (Å²) in [4.78, 5) is 41.1. The van der Waals surface area contributed by atoms with E-state index in [2.05, 4.69) is 10.3 Å². The van der Waals surface area contributed by atoms with Crippen molar-refractivity contribution in [2.24, 2.45) is 14.1 Å². The number of aryl methyl sites for hydroxylation is 1. The van der Waals surface area contributed by atoms with Gasteiger partial charge in [-0.1, -0.05) is 0 Å². The summed E-state index contributed by atoms with van der Waals surface area (Å²) in [7, 11) is 5.82. The molecule has 11 heteroatoms. The van der Waals surface area contributed by atoms with Gasteiger partial charge in [-0.2, -0.15) is 4.98 Å². The standard InChI is InChI=1S/C17H18ClN5O5/c1-21-14-13(15(25)22(2)17(21)26)23(16(18)20-14)8-12(24)19-9-5-6-10(27-3)11(7-9)28-4/h5-7H,8H2,1-4H3,(H,19,24). The zero-order chi connectivity index (χ0) is 20.6. The number of carbonyl (C=O) groups excluding carboxylic acids is 1. The van der Waals surface area contributed by atoms with E-state index in [4.69, 9.17) is 21.1 Å². The average Bonchev–Trinajstić information content (AvgIpc) is 3.00. The first-order chi connectivity index (χ1) is 13.3. The van der Waals surface area contributed by atoms with Crippen LogP contribution in [0.3, 0.4) is 0 Å². The van der Waals surface area contributed by atoms with Crippen LogP contribution >= 0.6 is 11.6 Å². The van der Waals surface area contributed by atoms with Gasteiger partial charge in [0.2, 0.25) is 11.2 Å². The minimum atomic E-state index is -0.587. The van der Waals surface area contributed by atoms with Crippen molar-refractivity contribution in [2.75, 3.05) is 19.5 Å². The topological polar surface area (TPSA) is 109 Å². The van der Waals surface area contributed by atoms with E-state index in [0.29, 0.717) is 17.2 Å². The first-order valence-electron chi connectivity index (χ1n) is 8.12. The smallest absolute Gasteiger partial charge is 0.332 e. The number of ether oxygens (including phenoxy) is 2. The fourth-order valence-electron chi connectivity index (χ4n) is 2.82. The monoisotopic (exact) mass is 407 g/mol. The number of anilines is 1. The van der Waals surface area contributed by atoms with E-state index in [0.717, 1.165) is 4.57 Å². The molecule has 0 atom stereocenters. The van der Waals surface area contributed by atoms with Crippen LogP contribution in [-0.4, -0.2) is 38.8 Å². The normalized spacial score (nSPS) is 10.9. The lowest BCUT2D eigenvalue weighted by atomic mass is 10.2. The molecule has 1 amide bonds. The number of fused-ring (bicyclic) bond motifs is 1. The predicted octanol–water partition coefficient (Wildman–Crippen LogP) is 0.743. The molecule has 28 heavy (non-hydrogen) atoms. The molecule has 0 saturated heterocycles. The lowest BCUT2D eigenvalue weighted by molar-refractivity contribution is -0.116. The van der Waals surface area contributed by atoms with Gasteiger partial charge in [0, 0.05) is 25.8 Å². The molecule has 0 spiro atoms. The van der Waals surface area contributed by atoms with Crippen LogP contribution in [0.5, 0.6) is 11.5 Å². The van der Waals surface area contributed by atoms with Crippen molar-refractivity contribution in [3.63, 3.8) is 0 Å². The number of rotatable bonds is 5. The van der Waals surface area contributed by atoms with E-state index < -0.39 is 17.2 Å². The van der Waals surface area contributed by atoms with E-state index in [1.165, 1.54) is 37.4 Å². The number of benzene rings is 1. The van der Waals surface area contributed by atoms with Crippen molar-refractivity contribution >= 4 is 34.4 Å². The Morgan fingerprint density at radius 1 is 1.14 bits per heavy atom. The lowest BCUT2D eigenvalue weighted by Gasteiger charge is -2.11. The third kappa shape index (κ3) is 3.22. The second-order valence-corrected chi connectivity index (χ2v) is 6.30.